The van der Waals surface area contributed by atoms with Gasteiger partial charge >= 0.3 is 5.97 Å². The second-order valence-corrected chi connectivity index (χ2v) is 4.17. The zero-order valence-electron chi connectivity index (χ0n) is 7.99. The summed E-state index contributed by atoms with van der Waals surface area (Å²) in [5.41, 5.74) is 0.915. The van der Waals surface area contributed by atoms with Crippen molar-refractivity contribution in [2.75, 3.05) is 0 Å². The molecule has 0 aromatic carbocycles. The molecule has 2 saturated carbocycles. The van der Waals surface area contributed by atoms with Crippen LogP contribution in [0.2, 0.25) is 0 Å². The lowest BCUT2D eigenvalue weighted by molar-refractivity contribution is -0.132. The van der Waals surface area contributed by atoms with Gasteiger partial charge in [-0.25, -0.2) is 4.79 Å². The zero-order valence-corrected chi connectivity index (χ0v) is 7.99. The number of nitriles is 1. The van der Waals surface area contributed by atoms with Gasteiger partial charge in [0.25, 0.3) is 0 Å². The molecule has 0 aromatic heterocycles. The summed E-state index contributed by atoms with van der Waals surface area (Å²) in [6, 6.07) is 1.82. The maximum atomic E-state index is 10.8. The monoisotopic (exact) mass is 191 g/mol. The number of carboxylic acids is 1. The van der Waals surface area contributed by atoms with Crippen molar-refractivity contribution in [3.8, 4) is 6.07 Å². The van der Waals surface area contributed by atoms with E-state index in [1.807, 2.05) is 6.07 Å². The molecule has 14 heavy (non-hydrogen) atoms. The third kappa shape index (κ3) is 1.31. The molecule has 1 N–H and O–H groups in total. The van der Waals surface area contributed by atoms with Gasteiger partial charge in [-0.3, -0.25) is 0 Å². The van der Waals surface area contributed by atoms with Crippen LogP contribution in [0.5, 0.6) is 0 Å². The van der Waals surface area contributed by atoms with Crippen LogP contribution >= 0.6 is 0 Å². The highest BCUT2D eigenvalue weighted by atomic mass is 16.4. The van der Waals surface area contributed by atoms with Crippen LogP contribution in [-0.2, 0) is 4.79 Å². The first-order valence-corrected chi connectivity index (χ1v) is 5.10. The Morgan fingerprint density at radius 3 is 2.71 bits per heavy atom. The summed E-state index contributed by atoms with van der Waals surface area (Å²) in [6.45, 7) is 0. The molecule has 2 rings (SSSR count). The van der Waals surface area contributed by atoms with E-state index in [1.54, 1.807) is 0 Å². The summed E-state index contributed by atoms with van der Waals surface area (Å²) in [6.07, 6.45) is 5.59. The van der Waals surface area contributed by atoms with Gasteiger partial charge in [0.15, 0.2) is 0 Å². The molecule has 2 fully saturated rings. The van der Waals surface area contributed by atoms with Crippen LogP contribution in [0.1, 0.15) is 32.1 Å². The molecule has 2 atom stereocenters. The van der Waals surface area contributed by atoms with Gasteiger partial charge in [0.2, 0.25) is 0 Å². The summed E-state index contributed by atoms with van der Waals surface area (Å²) in [4.78, 5) is 10.8. The molecule has 3 heteroatoms. The van der Waals surface area contributed by atoms with Crippen LogP contribution in [0.3, 0.4) is 0 Å². The van der Waals surface area contributed by atoms with E-state index in [1.165, 1.54) is 19.3 Å². The largest absolute Gasteiger partial charge is 0.477 e. The van der Waals surface area contributed by atoms with Gasteiger partial charge in [-0.1, -0.05) is 12.8 Å². The highest BCUT2D eigenvalue weighted by Crippen LogP contribution is 2.50. The van der Waals surface area contributed by atoms with Gasteiger partial charge in [-0.15, -0.1) is 0 Å². The molecule has 0 heterocycles. The van der Waals surface area contributed by atoms with Gasteiger partial charge < -0.3 is 5.11 Å². The molecule has 0 spiro atoms. The van der Waals surface area contributed by atoms with E-state index < -0.39 is 5.97 Å². The molecule has 2 unspecified atom stereocenters. The van der Waals surface area contributed by atoms with Crippen molar-refractivity contribution in [3.05, 3.63) is 11.1 Å². The van der Waals surface area contributed by atoms with E-state index in [0.29, 0.717) is 11.8 Å². The predicted octanol–water partition coefficient (Wildman–Crippen LogP) is 2.10. The summed E-state index contributed by atoms with van der Waals surface area (Å²) in [5.74, 6) is 0.0301. The first-order valence-electron chi connectivity index (χ1n) is 5.10. The maximum Gasteiger partial charge on any atom is 0.346 e. The molecule has 2 aliphatic carbocycles. The molecule has 0 amide bonds. The number of fused-ring (bicyclic) bond motifs is 1. The van der Waals surface area contributed by atoms with Crippen molar-refractivity contribution in [1.29, 1.82) is 5.26 Å². The molecule has 0 radical (unpaired) electrons. The average Bonchev–Trinajstić information content (AvgIpc) is 2.13. The van der Waals surface area contributed by atoms with Crippen LogP contribution in [0.25, 0.3) is 0 Å². The Balaban J connectivity index is 2.21. The molecule has 0 aromatic rings. The van der Waals surface area contributed by atoms with Gasteiger partial charge in [0.05, 0.1) is 0 Å². The quantitative estimate of drug-likeness (QED) is 0.510. The normalized spacial score (nSPS) is 33.6. The fraction of sp³-hybridized carbons (Fsp3) is 0.636. The number of rotatable bonds is 1. The lowest BCUT2D eigenvalue weighted by atomic mass is 9.61. The van der Waals surface area contributed by atoms with Crippen molar-refractivity contribution in [2.24, 2.45) is 11.8 Å². The van der Waals surface area contributed by atoms with Crippen LogP contribution in [0.4, 0.5) is 0 Å². The number of aliphatic carboxylic acids is 1. The van der Waals surface area contributed by atoms with Gasteiger partial charge in [0.1, 0.15) is 11.6 Å². The Labute approximate surface area is 83.0 Å². The highest BCUT2D eigenvalue weighted by Gasteiger charge is 2.40. The molecule has 74 valence electrons. The van der Waals surface area contributed by atoms with Crippen molar-refractivity contribution < 1.29 is 9.90 Å². The summed E-state index contributed by atoms with van der Waals surface area (Å²) < 4.78 is 0. The molecule has 0 bridgehead atoms. The number of allylic oxidation sites excluding steroid dienone is 1. The van der Waals surface area contributed by atoms with Crippen molar-refractivity contribution in [2.45, 2.75) is 32.1 Å². The number of carboxylic acid groups (broad SMARTS) is 1. The average molecular weight is 191 g/mol. The predicted molar refractivity (Wildman–Crippen MR) is 50.3 cm³/mol. The van der Waals surface area contributed by atoms with E-state index in [2.05, 4.69) is 0 Å². The van der Waals surface area contributed by atoms with Crippen molar-refractivity contribution >= 4 is 5.97 Å². The second-order valence-electron chi connectivity index (χ2n) is 4.17. The summed E-state index contributed by atoms with van der Waals surface area (Å²) in [5, 5.41) is 17.6. The molecule has 0 aliphatic heterocycles. The van der Waals surface area contributed by atoms with E-state index in [0.717, 1.165) is 18.4 Å². The van der Waals surface area contributed by atoms with E-state index in [-0.39, 0.29) is 5.57 Å². The SMILES string of the molecule is N#C/C(C(=O)O)=C1/CC2CCCCC12. The van der Waals surface area contributed by atoms with Gasteiger partial charge in [-0.2, -0.15) is 5.26 Å². The minimum absolute atomic E-state index is 0.00755. The maximum absolute atomic E-state index is 10.8. The lowest BCUT2D eigenvalue weighted by Crippen LogP contribution is -2.33. The van der Waals surface area contributed by atoms with Crippen molar-refractivity contribution in [1.82, 2.24) is 0 Å². The number of carbonyl (C=O) groups is 1. The van der Waals surface area contributed by atoms with E-state index in [9.17, 15) is 4.79 Å². The summed E-state index contributed by atoms with van der Waals surface area (Å²) in [7, 11) is 0. The van der Waals surface area contributed by atoms with Crippen LogP contribution in [0, 0.1) is 23.2 Å². The molecular weight excluding hydrogens is 178 g/mol. The van der Waals surface area contributed by atoms with Crippen molar-refractivity contribution in [3.63, 3.8) is 0 Å². The first kappa shape index (κ1) is 9.26. The third-order valence-corrected chi connectivity index (χ3v) is 3.49. The number of nitrogens with zero attached hydrogens (tertiary/aromatic N) is 1. The third-order valence-electron chi connectivity index (χ3n) is 3.49. The Kier molecular flexibility index (Phi) is 2.28. The zero-order chi connectivity index (χ0) is 10.1. The smallest absolute Gasteiger partial charge is 0.346 e. The highest BCUT2D eigenvalue weighted by molar-refractivity contribution is 5.92. The fourth-order valence-electron chi connectivity index (χ4n) is 2.73. The summed E-state index contributed by atoms with van der Waals surface area (Å²) >= 11 is 0. The van der Waals surface area contributed by atoms with E-state index >= 15 is 0 Å². The first-order chi connectivity index (χ1) is 6.74. The Morgan fingerprint density at radius 1 is 1.43 bits per heavy atom. The second kappa shape index (κ2) is 3.45. The van der Waals surface area contributed by atoms with Gasteiger partial charge in [0, 0.05) is 0 Å². The topological polar surface area (TPSA) is 61.1 Å². The Bertz CT molecular complexity index is 338. The molecular formula is C11H13NO2. The molecule has 2 aliphatic rings. The van der Waals surface area contributed by atoms with Crippen LogP contribution in [-0.4, -0.2) is 11.1 Å². The standard InChI is InChI=1S/C11H13NO2/c12-6-10(11(13)14)9-5-7-3-1-2-4-8(7)9/h7-8H,1-5H2,(H,13,14)/b10-9+. The van der Waals surface area contributed by atoms with E-state index in [4.69, 9.17) is 10.4 Å². The van der Waals surface area contributed by atoms with Crippen LogP contribution < -0.4 is 0 Å². The number of hydrogen-bond donors (Lipinski definition) is 1. The Morgan fingerprint density at radius 2 is 2.14 bits per heavy atom. The molecule has 0 saturated heterocycles. The fourth-order valence-corrected chi connectivity index (χ4v) is 2.73. The number of hydrogen-bond acceptors (Lipinski definition) is 2. The lowest BCUT2D eigenvalue weighted by Gasteiger charge is -2.43. The molecule has 3 nitrogen and oxygen atoms in total. The minimum atomic E-state index is -1.05. The van der Waals surface area contributed by atoms with Gasteiger partial charge in [-0.05, 0) is 36.7 Å². The Hall–Kier alpha value is -1.30. The van der Waals surface area contributed by atoms with Crippen LogP contribution in [0.15, 0.2) is 11.1 Å². The minimum Gasteiger partial charge on any atom is -0.477 e.